The number of aryl methyl sites for hydroxylation is 1. The van der Waals surface area contributed by atoms with Crippen LogP contribution in [-0.4, -0.2) is 38.3 Å². The second kappa shape index (κ2) is 7.96. The topological polar surface area (TPSA) is 37.4 Å². The van der Waals surface area contributed by atoms with Crippen molar-refractivity contribution < 1.29 is 4.74 Å². The van der Waals surface area contributed by atoms with Gasteiger partial charge in [0.15, 0.2) is 5.13 Å². The number of nitrogens with zero attached hydrogens (tertiary/aromatic N) is 2. The highest BCUT2D eigenvalue weighted by molar-refractivity contribution is 7.15. The van der Waals surface area contributed by atoms with Crippen molar-refractivity contribution in [1.82, 2.24) is 10.3 Å². The van der Waals surface area contributed by atoms with Gasteiger partial charge in [-0.1, -0.05) is 13.3 Å². The van der Waals surface area contributed by atoms with E-state index in [9.17, 15) is 0 Å². The van der Waals surface area contributed by atoms with Crippen LogP contribution in [0.25, 0.3) is 0 Å². The lowest BCUT2D eigenvalue weighted by atomic mass is 9.96. The number of hydrogen-bond donors (Lipinski definition) is 1. The summed E-state index contributed by atoms with van der Waals surface area (Å²) in [6, 6.07) is 0. The number of nitrogens with one attached hydrogen (secondary N) is 1. The Hall–Kier alpha value is -0.650. The Morgan fingerprint density at radius 3 is 3.10 bits per heavy atom. The van der Waals surface area contributed by atoms with Crippen molar-refractivity contribution in [2.24, 2.45) is 5.92 Å². The first-order valence-corrected chi connectivity index (χ1v) is 8.47. The first-order valence-electron chi connectivity index (χ1n) is 7.65. The summed E-state index contributed by atoms with van der Waals surface area (Å²) in [5, 5.41) is 4.62. The van der Waals surface area contributed by atoms with Crippen LogP contribution in [0.15, 0.2) is 0 Å². The SMILES string of the molecule is CCC1CCCN(c2nc(C)c(CNCCOC)s2)C1. The fraction of sp³-hybridized carbons (Fsp3) is 0.800. The van der Waals surface area contributed by atoms with Crippen molar-refractivity contribution >= 4 is 16.5 Å². The summed E-state index contributed by atoms with van der Waals surface area (Å²) in [6.07, 6.45) is 3.97. The first-order chi connectivity index (χ1) is 9.74. The highest BCUT2D eigenvalue weighted by Gasteiger charge is 2.21. The van der Waals surface area contributed by atoms with Crippen LogP contribution in [-0.2, 0) is 11.3 Å². The summed E-state index contributed by atoms with van der Waals surface area (Å²) in [5.41, 5.74) is 1.17. The van der Waals surface area contributed by atoms with Crippen LogP contribution in [0.5, 0.6) is 0 Å². The average molecular weight is 297 g/mol. The smallest absolute Gasteiger partial charge is 0.185 e. The molecular weight excluding hydrogens is 270 g/mol. The minimum Gasteiger partial charge on any atom is -0.383 e. The molecule has 20 heavy (non-hydrogen) atoms. The molecule has 1 N–H and O–H groups in total. The van der Waals surface area contributed by atoms with Gasteiger partial charge in [-0.3, -0.25) is 0 Å². The van der Waals surface area contributed by atoms with Gasteiger partial charge < -0.3 is 15.0 Å². The molecule has 0 bridgehead atoms. The maximum atomic E-state index is 5.05. The lowest BCUT2D eigenvalue weighted by molar-refractivity contribution is 0.199. The van der Waals surface area contributed by atoms with Crippen LogP contribution in [0, 0.1) is 12.8 Å². The number of piperidine rings is 1. The third-order valence-electron chi connectivity index (χ3n) is 4.02. The van der Waals surface area contributed by atoms with Gasteiger partial charge in [-0.2, -0.15) is 0 Å². The van der Waals surface area contributed by atoms with Crippen LogP contribution >= 0.6 is 11.3 Å². The monoisotopic (exact) mass is 297 g/mol. The summed E-state index contributed by atoms with van der Waals surface area (Å²) < 4.78 is 5.05. The molecule has 1 atom stereocenters. The molecule has 5 heteroatoms. The molecule has 114 valence electrons. The van der Waals surface area contributed by atoms with Crippen LogP contribution in [0.3, 0.4) is 0 Å². The third kappa shape index (κ3) is 4.17. The van der Waals surface area contributed by atoms with Crippen LogP contribution < -0.4 is 10.2 Å². The lowest BCUT2D eigenvalue weighted by Gasteiger charge is -2.31. The summed E-state index contributed by atoms with van der Waals surface area (Å²) in [6.45, 7) is 9.32. The Morgan fingerprint density at radius 2 is 2.35 bits per heavy atom. The molecule has 0 amide bonds. The first kappa shape index (κ1) is 15.7. The number of methoxy groups -OCH3 is 1. The maximum Gasteiger partial charge on any atom is 0.185 e. The zero-order valence-electron chi connectivity index (χ0n) is 12.9. The number of anilines is 1. The quantitative estimate of drug-likeness (QED) is 0.785. The third-order valence-corrected chi connectivity index (χ3v) is 5.23. The molecule has 1 aliphatic heterocycles. The van der Waals surface area contributed by atoms with E-state index in [-0.39, 0.29) is 0 Å². The molecule has 1 unspecified atom stereocenters. The molecular formula is C15H27N3OS. The van der Waals surface area contributed by atoms with E-state index in [1.165, 1.54) is 48.1 Å². The van der Waals surface area contributed by atoms with Gasteiger partial charge in [-0.05, 0) is 25.7 Å². The fourth-order valence-electron chi connectivity index (χ4n) is 2.66. The van der Waals surface area contributed by atoms with Crippen molar-refractivity contribution in [3.8, 4) is 0 Å². The lowest BCUT2D eigenvalue weighted by Crippen LogP contribution is -2.35. The van der Waals surface area contributed by atoms with Gasteiger partial charge in [0.2, 0.25) is 0 Å². The maximum absolute atomic E-state index is 5.05. The van der Waals surface area contributed by atoms with Crippen molar-refractivity contribution in [3.05, 3.63) is 10.6 Å². The molecule has 0 aromatic carbocycles. The molecule has 0 saturated carbocycles. The van der Waals surface area contributed by atoms with E-state index in [1.54, 1.807) is 7.11 Å². The Balaban J connectivity index is 1.92. The molecule has 1 fully saturated rings. The molecule has 0 aliphatic carbocycles. The molecule has 4 nitrogen and oxygen atoms in total. The van der Waals surface area contributed by atoms with Gasteiger partial charge in [0.05, 0.1) is 12.3 Å². The zero-order chi connectivity index (χ0) is 14.4. The van der Waals surface area contributed by atoms with Crippen LogP contribution in [0.4, 0.5) is 5.13 Å². The van der Waals surface area contributed by atoms with Crippen LogP contribution in [0.1, 0.15) is 36.8 Å². The number of thiazole rings is 1. The van der Waals surface area contributed by atoms with Crippen molar-refractivity contribution in [2.45, 2.75) is 39.7 Å². The van der Waals surface area contributed by atoms with Gasteiger partial charge in [-0.25, -0.2) is 4.98 Å². The van der Waals surface area contributed by atoms with Gasteiger partial charge in [0.25, 0.3) is 0 Å². The molecule has 1 saturated heterocycles. The summed E-state index contributed by atoms with van der Waals surface area (Å²) in [7, 11) is 1.73. The molecule has 1 aromatic heterocycles. The minimum absolute atomic E-state index is 0.759. The van der Waals surface area contributed by atoms with E-state index >= 15 is 0 Å². The van der Waals surface area contributed by atoms with Crippen molar-refractivity contribution in [1.29, 1.82) is 0 Å². The van der Waals surface area contributed by atoms with Crippen LogP contribution in [0.2, 0.25) is 0 Å². The molecule has 1 aromatic rings. The van der Waals surface area contributed by atoms with E-state index in [0.29, 0.717) is 0 Å². The van der Waals surface area contributed by atoms with Crippen molar-refractivity contribution in [2.75, 3.05) is 38.3 Å². The predicted octanol–water partition coefficient (Wildman–Crippen LogP) is 2.81. The molecule has 0 radical (unpaired) electrons. The van der Waals surface area contributed by atoms with E-state index in [2.05, 4.69) is 24.1 Å². The Kier molecular flexibility index (Phi) is 6.26. The number of ether oxygens (including phenoxy) is 1. The Morgan fingerprint density at radius 1 is 1.50 bits per heavy atom. The number of hydrogen-bond acceptors (Lipinski definition) is 5. The normalized spacial score (nSPS) is 19.6. The second-order valence-electron chi connectivity index (χ2n) is 5.54. The summed E-state index contributed by atoms with van der Waals surface area (Å²) in [5.74, 6) is 0.844. The molecule has 2 heterocycles. The van der Waals surface area contributed by atoms with E-state index in [1.807, 2.05) is 11.3 Å². The predicted molar refractivity (Wildman–Crippen MR) is 85.7 cm³/mol. The molecule has 0 spiro atoms. The Bertz CT molecular complexity index is 408. The van der Waals surface area contributed by atoms with Gasteiger partial charge >= 0.3 is 0 Å². The largest absolute Gasteiger partial charge is 0.383 e. The Labute approximate surface area is 126 Å². The standard InChI is InChI=1S/C15H27N3OS/c1-4-13-6-5-8-18(11-13)15-17-12(2)14(20-15)10-16-7-9-19-3/h13,16H,4-11H2,1-3H3. The minimum atomic E-state index is 0.759. The van der Waals surface area contributed by atoms with Crippen molar-refractivity contribution in [3.63, 3.8) is 0 Å². The fourth-order valence-corrected chi connectivity index (χ4v) is 3.73. The van der Waals surface area contributed by atoms with Gasteiger partial charge in [0.1, 0.15) is 0 Å². The van der Waals surface area contributed by atoms with E-state index in [4.69, 9.17) is 9.72 Å². The number of aromatic nitrogens is 1. The highest BCUT2D eigenvalue weighted by Crippen LogP contribution is 2.30. The van der Waals surface area contributed by atoms with Gasteiger partial charge in [0, 0.05) is 38.2 Å². The van der Waals surface area contributed by atoms with Gasteiger partial charge in [-0.15, -0.1) is 11.3 Å². The average Bonchev–Trinajstić information content (AvgIpc) is 2.85. The summed E-state index contributed by atoms with van der Waals surface area (Å²) in [4.78, 5) is 8.61. The highest BCUT2D eigenvalue weighted by atomic mass is 32.1. The molecule has 2 rings (SSSR count). The number of rotatable bonds is 7. The zero-order valence-corrected chi connectivity index (χ0v) is 13.8. The molecule has 1 aliphatic rings. The second-order valence-corrected chi connectivity index (χ2v) is 6.60. The summed E-state index contributed by atoms with van der Waals surface area (Å²) >= 11 is 1.85. The van der Waals surface area contributed by atoms with E-state index < -0.39 is 0 Å². The van der Waals surface area contributed by atoms with E-state index in [0.717, 1.165) is 25.6 Å².